The lowest BCUT2D eigenvalue weighted by Gasteiger charge is -2.21. The molecule has 1 N–H and O–H groups in total. The molecule has 2 aromatic rings. The first-order chi connectivity index (χ1) is 11.7. The summed E-state index contributed by atoms with van der Waals surface area (Å²) in [6.45, 7) is 1.41. The number of nitrogens with zero attached hydrogens (tertiary/aromatic N) is 1. The third kappa shape index (κ3) is 5.18. The quantitative estimate of drug-likeness (QED) is 0.687. The van der Waals surface area contributed by atoms with Crippen molar-refractivity contribution in [2.24, 2.45) is 0 Å². The molecule has 0 fully saturated rings. The maximum absolute atomic E-state index is 12.8. The first kappa shape index (κ1) is 20.2. The average Bonchev–Trinajstić information content (AvgIpc) is 2.54. The summed E-state index contributed by atoms with van der Waals surface area (Å²) < 4.78 is 27.4. The Morgan fingerprint density at radius 2 is 1.92 bits per heavy atom. The van der Waals surface area contributed by atoms with Gasteiger partial charge in [0.05, 0.1) is 11.6 Å². The van der Waals surface area contributed by atoms with Gasteiger partial charge >= 0.3 is 0 Å². The highest BCUT2D eigenvalue weighted by Crippen LogP contribution is 2.27. The molecule has 0 bridgehead atoms. The molecule has 0 atom stereocenters. The van der Waals surface area contributed by atoms with Crippen LogP contribution in [0.2, 0.25) is 10.0 Å². The summed E-state index contributed by atoms with van der Waals surface area (Å²) in [4.78, 5) is 12.1. The summed E-state index contributed by atoms with van der Waals surface area (Å²) in [5, 5.41) is 2.96. The Kier molecular flexibility index (Phi) is 6.87. The van der Waals surface area contributed by atoms with E-state index >= 15 is 0 Å². The van der Waals surface area contributed by atoms with Crippen molar-refractivity contribution in [3.05, 3.63) is 57.0 Å². The highest BCUT2D eigenvalue weighted by Gasteiger charge is 2.27. The minimum atomic E-state index is -3.95. The lowest BCUT2D eigenvalue weighted by atomic mass is 10.3. The monoisotopic (exact) mass is 464 g/mol. The summed E-state index contributed by atoms with van der Waals surface area (Å²) in [6.07, 6.45) is 0. The third-order valence-corrected chi connectivity index (χ3v) is 6.42. The van der Waals surface area contributed by atoms with E-state index in [-0.39, 0.29) is 28.0 Å². The molecule has 5 nitrogen and oxygen atoms in total. The van der Waals surface area contributed by atoms with E-state index in [9.17, 15) is 13.2 Å². The van der Waals surface area contributed by atoms with Crippen LogP contribution in [0.15, 0.2) is 51.8 Å². The summed E-state index contributed by atoms with van der Waals surface area (Å²) in [7, 11) is -3.95. The Bertz CT molecular complexity index is 891. The standard InChI is InChI=1S/C16H15BrCl2N2O3S/c1-2-21(10-16(22)20-13-5-3-4-11(17)8-13)25(23,24)15-9-12(18)6-7-14(15)19/h3-9H,2,10H2,1H3,(H,20,22). The Hall–Kier alpha value is -1.12. The average molecular weight is 466 g/mol. The summed E-state index contributed by atoms with van der Waals surface area (Å²) >= 11 is 15.2. The molecular weight excluding hydrogens is 451 g/mol. The van der Waals surface area contributed by atoms with Gasteiger partial charge in [0.25, 0.3) is 0 Å². The highest BCUT2D eigenvalue weighted by atomic mass is 79.9. The van der Waals surface area contributed by atoms with Crippen molar-refractivity contribution in [2.75, 3.05) is 18.4 Å². The maximum atomic E-state index is 12.8. The molecule has 0 saturated heterocycles. The van der Waals surface area contributed by atoms with Crippen LogP contribution in [0.4, 0.5) is 5.69 Å². The Balaban J connectivity index is 2.20. The van der Waals surface area contributed by atoms with Gasteiger partial charge in [0.1, 0.15) is 4.90 Å². The second-order valence-electron chi connectivity index (χ2n) is 5.06. The zero-order valence-electron chi connectivity index (χ0n) is 13.2. The molecule has 0 aliphatic heterocycles. The van der Waals surface area contributed by atoms with Crippen LogP contribution in [0.3, 0.4) is 0 Å². The molecule has 2 rings (SSSR count). The summed E-state index contributed by atoms with van der Waals surface area (Å²) in [5.41, 5.74) is 0.564. The van der Waals surface area contributed by atoms with Gasteiger partial charge in [0.15, 0.2) is 0 Å². The number of likely N-dealkylation sites (N-methyl/N-ethyl adjacent to an activating group) is 1. The maximum Gasteiger partial charge on any atom is 0.245 e. The summed E-state index contributed by atoms with van der Waals surface area (Å²) in [5.74, 6) is -0.457. The fourth-order valence-corrected chi connectivity index (χ4v) is 4.65. The predicted molar refractivity (Wildman–Crippen MR) is 104 cm³/mol. The molecular formula is C16H15BrCl2N2O3S. The van der Waals surface area contributed by atoms with E-state index in [0.717, 1.165) is 8.78 Å². The van der Waals surface area contributed by atoms with Crippen LogP contribution < -0.4 is 5.32 Å². The fourth-order valence-electron chi connectivity index (χ4n) is 2.11. The molecule has 0 heterocycles. The second-order valence-corrected chi connectivity index (χ2v) is 8.73. The van der Waals surface area contributed by atoms with Crippen LogP contribution in [0, 0.1) is 0 Å². The van der Waals surface area contributed by atoms with Gasteiger partial charge in [-0.2, -0.15) is 4.31 Å². The van der Waals surface area contributed by atoms with Crippen molar-refractivity contribution in [2.45, 2.75) is 11.8 Å². The fraction of sp³-hybridized carbons (Fsp3) is 0.188. The topological polar surface area (TPSA) is 66.5 Å². The minimum Gasteiger partial charge on any atom is -0.325 e. The van der Waals surface area contributed by atoms with Crippen molar-refractivity contribution in [1.29, 1.82) is 0 Å². The lowest BCUT2D eigenvalue weighted by molar-refractivity contribution is -0.116. The number of amides is 1. The van der Waals surface area contributed by atoms with Gasteiger partial charge in [-0.3, -0.25) is 4.79 Å². The van der Waals surface area contributed by atoms with Gasteiger partial charge in [-0.1, -0.05) is 52.1 Å². The smallest absolute Gasteiger partial charge is 0.245 e. The molecule has 25 heavy (non-hydrogen) atoms. The van der Waals surface area contributed by atoms with Gasteiger partial charge in [-0.05, 0) is 36.4 Å². The van der Waals surface area contributed by atoms with Crippen molar-refractivity contribution in [3.63, 3.8) is 0 Å². The largest absolute Gasteiger partial charge is 0.325 e. The first-order valence-corrected chi connectivity index (χ1v) is 10.2. The van der Waals surface area contributed by atoms with Crippen LogP contribution in [0.1, 0.15) is 6.92 Å². The predicted octanol–water partition coefficient (Wildman–Crippen LogP) is 4.41. The Morgan fingerprint density at radius 3 is 2.56 bits per heavy atom. The SMILES string of the molecule is CCN(CC(=O)Nc1cccc(Br)c1)S(=O)(=O)c1cc(Cl)ccc1Cl. The van der Waals surface area contributed by atoms with Gasteiger partial charge in [0, 0.05) is 21.7 Å². The number of halogens is 3. The van der Waals surface area contributed by atoms with Crippen molar-refractivity contribution in [3.8, 4) is 0 Å². The number of hydrogen-bond acceptors (Lipinski definition) is 3. The third-order valence-electron chi connectivity index (χ3n) is 3.29. The number of carbonyl (C=O) groups excluding carboxylic acids is 1. The number of rotatable bonds is 6. The van der Waals surface area contributed by atoms with Crippen LogP contribution >= 0.6 is 39.1 Å². The van der Waals surface area contributed by atoms with Gasteiger partial charge < -0.3 is 5.32 Å². The molecule has 0 aliphatic carbocycles. The van der Waals surface area contributed by atoms with Crippen LogP contribution in [-0.4, -0.2) is 31.7 Å². The molecule has 0 unspecified atom stereocenters. The number of hydrogen-bond donors (Lipinski definition) is 1. The first-order valence-electron chi connectivity index (χ1n) is 7.24. The molecule has 0 radical (unpaired) electrons. The van der Waals surface area contributed by atoms with E-state index in [1.165, 1.54) is 18.2 Å². The van der Waals surface area contributed by atoms with E-state index in [0.29, 0.717) is 5.69 Å². The second kappa shape index (κ2) is 8.51. The molecule has 0 saturated carbocycles. The van der Waals surface area contributed by atoms with Gasteiger partial charge in [-0.25, -0.2) is 8.42 Å². The lowest BCUT2D eigenvalue weighted by Crippen LogP contribution is -2.38. The zero-order chi connectivity index (χ0) is 18.6. The zero-order valence-corrected chi connectivity index (χ0v) is 17.1. The number of anilines is 1. The van der Waals surface area contributed by atoms with Crippen molar-refractivity contribution >= 4 is 60.7 Å². The van der Waals surface area contributed by atoms with Crippen molar-refractivity contribution in [1.82, 2.24) is 4.31 Å². The number of nitrogens with one attached hydrogen (secondary N) is 1. The number of benzene rings is 2. The van der Waals surface area contributed by atoms with E-state index in [1.54, 1.807) is 25.1 Å². The van der Waals surface area contributed by atoms with Gasteiger partial charge in [0.2, 0.25) is 15.9 Å². The molecule has 0 aromatic heterocycles. The van der Waals surface area contributed by atoms with E-state index in [1.807, 2.05) is 6.07 Å². The number of sulfonamides is 1. The normalized spacial score (nSPS) is 11.6. The van der Waals surface area contributed by atoms with E-state index in [2.05, 4.69) is 21.2 Å². The minimum absolute atomic E-state index is 0.0512. The molecule has 1 amide bonds. The Morgan fingerprint density at radius 1 is 1.20 bits per heavy atom. The highest BCUT2D eigenvalue weighted by molar-refractivity contribution is 9.10. The van der Waals surface area contributed by atoms with E-state index in [4.69, 9.17) is 23.2 Å². The Labute approximate surface area is 165 Å². The number of carbonyl (C=O) groups is 1. The molecule has 0 aliphatic rings. The molecule has 0 spiro atoms. The molecule has 9 heteroatoms. The van der Waals surface area contributed by atoms with Crippen LogP contribution in [0.25, 0.3) is 0 Å². The van der Waals surface area contributed by atoms with Crippen molar-refractivity contribution < 1.29 is 13.2 Å². The molecule has 2 aromatic carbocycles. The van der Waals surface area contributed by atoms with Gasteiger partial charge in [-0.15, -0.1) is 0 Å². The van der Waals surface area contributed by atoms with E-state index < -0.39 is 15.9 Å². The summed E-state index contributed by atoms with van der Waals surface area (Å²) in [6, 6.07) is 11.2. The van der Waals surface area contributed by atoms with Crippen LogP contribution in [0.5, 0.6) is 0 Å². The molecule has 134 valence electrons. The van der Waals surface area contributed by atoms with Crippen LogP contribution in [-0.2, 0) is 14.8 Å².